The molecule has 0 aliphatic heterocycles. The molecule has 1 heterocycles. The van der Waals surface area contributed by atoms with Gasteiger partial charge in [-0.2, -0.15) is 0 Å². The molecule has 2 aromatic rings. The highest BCUT2D eigenvalue weighted by atomic mass is 35.5. The predicted molar refractivity (Wildman–Crippen MR) is 81.5 cm³/mol. The van der Waals surface area contributed by atoms with Gasteiger partial charge >= 0.3 is 0 Å². The molecule has 1 aromatic carbocycles. The summed E-state index contributed by atoms with van der Waals surface area (Å²) in [5.74, 6) is 0.676. The molecule has 1 aromatic heterocycles. The fourth-order valence-corrected chi connectivity index (χ4v) is 1.45. The van der Waals surface area contributed by atoms with Crippen molar-refractivity contribution in [3.05, 3.63) is 41.7 Å². The maximum absolute atomic E-state index is 8.36. The second-order valence-electron chi connectivity index (χ2n) is 3.15. The Labute approximate surface area is 123 Å². The predicted octanol–water partition coefficient (Wildman–Crippen LogP) is 3.82. The highest BCUT2D eigenvalue weighted by Gasteiger charge is 2.02. The minimum absolute atomic E-state index is 0.250. The molecule has 0 unspecified atom stereocenters. The molecule has 0 aliphatic rings. The Morgan fingerprint density at radius 3 is 2.55 bits per heavy atom. The van der Waals surface area contributed by atoms with E-state index in [9.17, 15) is 0 Å². The average molecular weight is 296 g/mol. The number of halogens is 1. The molecule has 0 aliphatic carbocycles. The van der Waals surface area contributed by atoms with Crippen LogP contribution in [0.2, 0.25) is 5.02 Å². The zero-order valence-corrected chi connectivity index (χ0v) is 12.4. The Balaban J connectivity index is 0.000000641. The third kappa shape index (κ3) is 6.15. The number of carboxylic acid groups (broad SMARTS) is 1. The number of benzene rings is 1. The summed E-state index contributed by atoms with van der Waals surface area (Å²) in [6.45, 7) is 5.68. The van der Waals surface area contributed by atoms with Crippen LogP contribution in [0.5, 0.6) is 0 Å². The fourth-order valence-electron chi connectivity index (χ4n) is 1.26. The summed E-state index contributed by atoms with van der Waals surface area (Å²) in [7, 11) is 0. The van der Waals surface area contributed by atoms with Gasteiger partial charge in [-0.1, -0.05) is 43.7 Å². The second kappa shape index (κ2) is 10.8. The molecule has 6 heteroatoms. The fraction of sp³-hybridized carbons (Fsp3) is 0.214. The van der Waals surface area contributed by atoms with Gasteiger partial charge < -0.3 is 5.11 Å². The van der Waals surface area contributed by atoms with Gasteiger partial charge in [-0.25, -0.2) is 9.67 Å². The molecule has 108 valence electrons. The first kappa shape index (κ1) is 17.9. The molecule has 20 heavy (non-hydrogen) atoms. The van der Waals surface area contributed by atoms with Crippen LogP contribution in [-0.4, -0.2) is 26.3 Å². The number of hydrogen-bond acceptors (Lipinski definition) is 3. The van der Waals surface area contributed by atoms with E-state index >= 15 is 0 Å². The topological polar surface area (TPSA) is 68.0 Å². The lowest BCUT2D eigenvalue weighted by Crippen LogP contribution is -1.86. The molecule has 0 saturated heterocycles. The molecule has 0 amide bonds. The maximum atomic E-state index is 8.36. The smallest absolute Gasteiger partial charge is 0.290 e. The summed E-state index contributed by atoms with van der Waals surface area (Å²) < 4.78 is 1.66. The first-order chi connectivity index (χ1) is 9.71. The molecular formula is C14H18ClN3O2. The van der Waals surface area contributed by atoms with Crippen molar-refractivity contribution in [3.8, 4) is 11.4 Å². The minimum atomic E-state index is -0.250. The van der Waals surface area contributed by atoms with E-state index in [-0.39, 0.29) is 6.47 Å². The lowest BCUT2D eigenvalue weighted by atomic mass is 10.2. The SMILES string of the molecule is C/C=C\n1cnc(-c2cccc(Cl)c2)n1.CC.O=CO. The van der Waals surface area contributed by atoms with Crippen LogP contribution in [0.4, 0.5) is 0 Å². The van der Waals surface area contributed by atoms with Crippen LogP contribution in [0, 0.1) is 0 Å². The van der Waals surface area contributed by atoms with Crippen LogP contribution in [-0.2, 0) is 4.79 Å². The van der Waals surface area contributed by atoms with Crippen LogP contribution in [0.3, 0.4) is 0 Å². The number of nitrogens with zero attached hydrogens (tertiary/aromatic N) is 3. The van der Waals surface area contributed by atoms with E-state index in [0.29, 0.717) is 10.8 Å². The number of carbonyl (C=O) groups is 1. The molecule has 0 atom stereocenters. The normalized spacial score (nSPS) is 9.20. The molecule has 2 rings (SSSR count). The number of hydrogen-bond donors (Lipinski definition) is 1. The minimum Gasteiger partial charge on any atom is -0.483 e. The first-order valence-corrected chi connectivity index (χ1v) is 6.46. The second-order valence-corrected chi connectivity index (χ2v) is 3.58. The molecular weight excluding hydrogens is 278 g/mol. The maximum Gasteiger partial charge on any atom is 0.290 e. The number of allylic oxidation sites excluding steroid dienone is 1. The number of rotatable bonds is 2. The van der Waals surface area contributed by atoms with Gasteiger partial charge in [0, 0.05) is 16.8 Å². The van der Waals surface area contributed by atoms with Crippen molar-refractivity contribution >= 4 is 24.3 Å². The first-order valence-electron chi connectivity index (χ1n) is 6.09. The van der Waals surface area contributed by atoms with Gasteiger partial charge in [0.25, 0.3) is 6.47 Å². The Morgan fingerprint density at radius 2 is 2.00 bits per heavy atom. The highest BCUT2D eigenvalue weighted by Crippen LogP contribution is 2.18. The third-order valence-corrected chi connectivity index (χ3v) is 2.13. The van der Waals surface area contributed by atoms with Crippen LogP contribution in [0.15, 0.2) is 36.7 Å². The summed E-state index contributed by atoms with van der Waals surface area (Å²) in [5, 5.41) is 11.9. The van der Waals surface area contributed by atoms with Gasteiger partial charge in [-0.15, -0.1) is 5.10 Å². The van der Waals surface area contributed by atoms with Crippen molar-refractivity contribution < 1.29 is 9.90 Å². The van der Waals surface area contributed by atoms with E-state index in [0.717, 1.165) is 5.56 Å². The standard InChI is InChI=1S/C11H10ClN3.C2H6.CH2O2/c1-2-6-15-8-13-11(14-15)9-4-3-5-10(12)7-9;1-2;2-1-3/h2-8H,1H3;1-2H3;1H,(H,2,3)/b6-2-;;. The summed E-state index contributed by atoms with van der Waals surface area (Å²) in [6, 6.07) is 7.49. The van der Waals surface area contributed by atoms with Crippen LogP contribution >= 0.6 is 11.6 Å². The van der Waals surface area contributed by atoms with Gasteiger partial charge in [0.15, 0.2) is 5.82 Å². The summed E-state index contributed by atoms with van der Waals surface area (Å²) in [6.07, 6.45) is 5.40. The van der Waals surface area contributed by atoms with E-state index in [1.165, 1.54) is 0 Å². The van der Waals surface area contributed by atoms with Gasteiger partial charge in [-0.05, 0) is 19.1 Å². The lowest BCUT2D eigenvalue weighted by molar-refractivity contribution is -0.122. The zero-order valence-electron chi connectivity index (χ0n) is 11.7. The Bertz CT molecular complexity index is 539. The largest absolute Gasteiger partial charge is 0.483 e. The van der Waals surface area contributed by atoms with E-state index in [4.69, 9.17) is 21.5 Å². The number of aromatic nitrogens is 3. The average Bonchev–Trinajstić information content (AvgIpc) is 2.91. The van der Waals surface area contributed by atoms with Crippen LogP contribution in [0.25, 0.3) is 17.6 Å². The van der Waals surface area contributed by atoms with Crippen molar-refractivity contribution in [2.75, 3.05) is 0 Å². The summed E-state index contributed by atoms with van der Waals surface area (Å²) in [4.78, 5) is 12.5. The van der Waals surface area contributed by atoms with Crippen molar-refractivity contribution in [3.63, 3.8) is 0 Å². The molecule has 0 bridgehead atoms. The Morgan fingerprint density at radius 1 is 1.35 bits per heavy atom. The molecule has 0 saturated carbocycles. The van der Waals surface area contributed by atoms with Crippen molar-refractivity contribution in [1.29, 1.82) is 0 Å². The summed E-state index contributed by atoms with van der Waals surface area (Å²) in [5.41, 5.74) is 0.922. The van der Waals surface area contributed by atoms with E-state index in [2.05, 4.69) is 10.1 Å². The molecule has 5 nitrogen and oxygen atoms in total. The van der Waals surface area contributed by atoms with Crippen LogP contribution < -0.4 is 0 Å². The quantitative estimate of drug-likeness (QED) is 0.855. The van der Waals surface area contributed by atoms with E-state index < -0.39 is 0 Å². The van der Waals surface area contributed by atoms with Gasteiger partial charge in [0.1, 0.15) is 6.33 Å². The lowest BCUT2D eigenvalue weighted by Gasteiger charge is -1.94. The van der Waals surface area contributed by atoms with Gasteiger partial charge in [-0.3, -0.25) is 4.79 Å². The molecule has 0 spiro atoms. The van der Waals surface area contributed by atoms with Crippen LogP contribution in [0.1, 0.15) is 20.8 Å². The van der Waals surface area contributed by atoms with E-state index in [1.54, 1.807) is 11.0 Å². The van der Waals surface area contributed by atoms with Gasteiger partial charge in [0.05, 0.1) is 0 Å². The monoisotopic (exact) mass is 295 g/mol. The van der Waals surface area contributed by atoms with Crippen molar-refractivity contribution in [2.24, 2.45) is 0 Å². The van der Waals surface area contributed by atoms with Crippen molar-refractivity contribution in [2.45, 2.75) is 20.8 Å². The Hall–Kier alpha value is -2.14. The Kier molecular flexibility index (Phi) is 9.60. The van der Waals surface area contributed by atoms with E-state index in [1.807, 2.05) is 57.3 Å². The van der Waals surface area contributed by atoms with Gasteiger partial charge in [0.2, 0.25) is 0 Å². The highest BCUT2D eigenvalue weighted by molar-refractivity contribution is 6.30. The summed E-state index contributed by atoms with van der Waals surface area (Å²) >= 11 is 5.89. The molecule has 0 fully saturated rings. The molecule has 0 radical (unpaired) electrons. The van der Waals surface area contributed by atoms with Crippen molar-refractivity contribution in [1.82, 2.24) is 14.8 Å². The zero-order chi connectivity index (χ0) is 15.4. The molecule has 1 N–H and O–H groups in total. The third-order valence-electron chi connectivity index (χ3n) is 1.89.